The number of nitrogens with zero attached hydrogens (tertiary/aromatic N) is 1. The van der Waals surface area contributed by atoms with Crippen molar-refractivity contribution in [2.24, 2.45) is 5.92 Å². The SMILES string of the molecule is CC1CN(C(=O)CC2CSCCN2)CCC1O. The van der Waals surface area contributed by atoms with Gasteiger partial charge in [-0.1, -0.05) is 6.92 Å². The van der Waals surface area contributed by atoms with Crippen LogP contribution in [0.2, 0.25) is 0 Å². The van der Waals surface area contributed by atoms with Crippen LogP contribution in [0.3, 0.4) is 0 Å². The molecular weight excluding hydrogens is 236 g/mol. The second kappa shape index (κ2) is 6.07. The molecule has 2 fully saturated rings. The Kier molecular flexibility index (Phi) is 4.70. The molecule has 4 nitrogen and oxygen atoms in total. The summed E-state index contributed by atoms with van der Waals surface area (Å²) in [6.45, 7) is 4.45. The third-order valence-electron chi connectivity index (χ3n) is 3.63. The molecule has 17 heavy (non-hydrogen) atoms. The van der Waals surface area contributed by atoms with Crippen molar-refractivity contribution >= 4 is 17.7 Å². The molecule has 2 aliphatic heterocycles. The highest BCUT2D eigenvalue weighted by molar-refractivity contribution is 7.99. The van der Waals surface area contributed by atoms with Crippen molar-refractivity contribution in [1.82, 2.24) is 10.2 Å². The number of amides is 1. The van der Waals surface area contributed by atoms with Crippen LogP contribution in [0.25, 0.3) is 0 Å². The Morgan fingerprint density at radius 1 is 1.59 bits per heavy atom. The van der Waals surface area contributed by atoms with Crippen molar-refractivity contribution in [2.45, 2.75) is 31.9 Å². The molecule has 5 heteroatoms. The van der Waals surface area contributed by atoms with Crippen LogP contribution in [0.5, 0.6) is 0 Å². The number of aliphatic hydroxyl groups excluding tert-OH is 1. The molecule has 0 aromatic carbocycles. The van der Waals surface area contributed by atoms with Gasteiger partial charge in [0.25, 0.3) is 0 Å². The minimum atomic E-state index is -0.234. The topological polar surface area (TPSA) is 52.6 Å². The van der Waals surface area contributed by atoms with Gasteiger partial charge in [-0.3, -0.25) is 4.79 Å². The highest BCUT2D eigenvalue weighted by Gasteiger charge is 2.28. The monoisotopic (exact) mass is 258 g/mol. The Morgan fingerprint density at radius 2 is 2.41 bits per heavy atom. The van der Waals surface area contributed by atoms with Gasteiger partial charge in [0.2, 0.25) is 5.91 Å². The van der Waals surface area contributed by atoms with E-state index in [9.17, 15) is 9.90 Å². The number of carbonyl (C=O) groups excluding carboxylic acids is 1. The number of rotatable bonds is 2. The van der Waals surface area contributed by atoms with Crippen molar-refractivity contribution in [3.05, 3.63) is 0 Å². The summed E-state index contributed by atoms with van der Waals surface area (Å²) in [5, 5.41) is 13.0. The quantitative estimate of drug-likeness (QED) is 0.748. The van der Waals surface area contributed by atoms with E-state index in [1.165, 1.54) is 0 Å². The van der Waals surface area contributed by atoms with Crippen LogP contribution in [0, 0.1) is 5.92 Å². The molecule has 0 spiro atoms. The average molecular weight is 258 g/mol. The molecule has 2 heterocycles. The van der Waals surface area contributed by atoms with E-state index < -0.39 is 0 Å². The van der Waals surface area contributed by atoms with Crippen molar-refractivity contribution in [2.75, 3.05) is 31.1 Å². The molecule has 2 saturated heterocycles. The van der Waals surface area contributed by atoms with Crippen LogP contribution < -0.4 is 5.32 Å². The lowest BCUT2D eigenvalue weighted by Crippen LogP contribution is -2.48. The summed E-state index contributed by atoms with van der Waals surface area (Å²) in [6, 6.07) is 0.336. The van der Waals surface area contributed by atoms with Crippen molar-refractivity contribution in [1.29, 1.82) is 0 Å². The van der Waals surface area contributed by atoms with Gasteiger partial charge in [0.05, 0.1) is 6.10 Å². The first kappa shape index (κ1) is 13.2. The number of carbonyl (C=O) groups is 1. The third kappa shape index (κ3) is 3.60. The lowest BCUT2D eigenvalue weighted by molar-refractivity contribution is -0.135. The minimum Gasteiger partial charge on any atom is -0.393 e. The molecule has 98 valence electrons. The summed E-state index contributed by atoms with van der Waals surface area (Å²) in [6.07, 6.45) is 1.10. The van der Waals surface area contributed by atoms with Crippen LogP contribution in [0.1, 0.15) is 19.8 Å². The highest BCUT2D eigenvalue weighted by atomic mass is 32.2. The predicted octanol–water partition coefficient (Wildman–Crippen LogP) is 0.311. The van der Waals surface area contributed by atoms with Crippen LogP contribution in [0.15, 0.2) is 0 Å². The second-order valence-corrected chi connectivity index (χ2v) is 6.25. The normalized spacial score (nSPS) is 34.7. The molecule has 0 radical (unpaired) electrons. The number of aliphatic hydroxyl groups is 1. The maximum Gasteiger partial charge on any atom is 0.224 e. The van der Waals surface area contributed by atoms with Gasteiger partial charge in [-0.15, -0.1) is 0 Å². The molecule has 0 aromatic rings. The van der Waals surface area contributed by atoms with E-state index in [-0.39, 0.29) is 17.9 Å². The molecular formula is C12H22N2O2S. The van der Waals surface area contributed by atoms with E-state index in [2.05, 4.69) is 5.32 Å². The zero-order valence-electron chi connectivity index (χ0n) is 10.4. The summed E-state index contributed by atoms with van der Waals surface area (Å²) in [5.41, 5.74) is 0. The molecule has 2 aliphatic rings. The first-order valence-corrected chi connectivity index (χ1v) is 7.59. The van der Waals surface area contributed by atoms with Gasteiger partial charge in [0, 0.05) is 43.6 Å². The van der Waals surface area contributed by atoms with Gasteiger partial charge < -0.3 is 15.3 Å². The maximum atomic E-state index is 12.1. The Morgan fingerprint density at radius 3 is 3.06 bits per heavy atom. The Bertz CT molecular complexity index is 269. The molecule has 0 bridgehead atoms. The van der Waals surface area contributed by atoms with Gasteiger partial charge in [-0.2, -0.15) is 11.8 Å². The number of thioether (sulfide) groups is 1. The van der Waals surface area contributed by atoms with E-state index in [4.69, 9.17) is 0 Å². The molecule has 3 unspecified atom stereocenters. The van der Waals surface area contributed by atoms with E-state index in [1.54, 1.807) is 0 Å². The molecule has 1 amide bonds. The fraction of sp³-hybridized carbons (Fsp3) is 0.917. The predicted molar refractivity (Wildman–Crippen MR) is 70.1 cm³/mol. The Balaban J connectivity index is 1.79. The van der Waals surface area contributed by atoms with Gasteiger partial charge in [-0.25, -0.2) is 0 Å². The van der Waals surface area contributed by atoms with E-state index >= 15 is 0 Å². The first-order chi connectivity index (χ1) is 8.16. The van der Waals surface area contributed by atoms with E-state index in [1.807, 2.05) is 23.6 Å². The summed E-state index contributed by atoms with van der Waals surface area (Å²) >= 11 is 1.92. The molecule has 0 saturated carbocycles. The number of nitrogens with one attached hydrogen (secondary N) is 1. The fourth-order valence-corrected chi connectivity index (χ4v) is 3.40. The van der Waals surface area contributed by atoms with Gasteiger partial charge in [-0.05, 0) is 12.3 Å². The van der Waals surface area contributed by atoms with Crippen molar-refractivity contribution in [3.63, 3.8) is 0 Å². The van der Waals surface area contributed by atoms with Crippen LogP contribution in [-0.4, -0.2) is 59.2 Å². The Labute approximate surface area is 107 Å². The average Bonchev–Trinajstić information content (AvgIpc) is 2.34. The molecule has 3 atom stereocenters. The van der Waals surface area contributed by atoms with Crippen LogP contribution >= 0.6 is 11.8 Å². The van der Waals surface area contributed by atoms with Gasteiger partial charge >= 0.3 is 0 Å². The molecule has 2 rings (SSSR count). The van der Waals surface area contributed by atoms with Crippen LogP contribution in [-0.2, 0) is 4.79 Å². The van der Waals surface area contributed by atoms with Crippen molar-refractivity contribution in [3.8, 4) is 0 Å². The summed E-state index contributed by atoms with van der Waals surface area (Å²) in [5.74, 6) is 2.64. The number of likely N-dealkylation sites (tertiary alicyclic amines) is 1. The summed E-state index contributed by atoms with van der Waals surface area (Å²) < 4.78 is 0. The van der Waals surface area contributed by atoms with Crippen LogP contribution in [0.4, 0.5) is 0 Å². The minimum absolute atomic E-state index is 0.210. The molecule has 2 N–H and O–H groups in total. The number of hydrogen-bond acceptors (Lipinski definition) is 4. The van der Waals surface area contributed by atoms with E-state index in [0.29, 0.717) is 25.6 Å². The maximum absolute atomic E-state index is 12.1. The smallest absolute Gasteiger partial charge is 0.224 e. The zero-order chi connectivity index (χ0) is 12.3. The van der Waals surface area contributed by atoms with Crippen molar-refractivity contribution < 1.29 is 9.90 Å². The van der Waals surface area contributed by atoms with E-state index in [0.717, 1.165) is 24.5 Å². The van der Waals surface area contributed by atoms with Gasteiger partial charge in [0.1, 0.15) is 0 Å². The number of hydrogen-bond donors (Lipinski definition) is 2. The zero-order valence-corrected chi connectivity index (χ0v) is 11.2. The fourth-order valence-electron chi connectivity index (χ4n) is 2.45. The summed E-state index contributed by atoms with van der Waals surface area (Å²) in [7, 11) is 0. The lowest BCUT2D eigenvalue weighted by Gasteiger charge is -2.35. The van der Waals surface area contributed by atoms with Gasteiger partial charge in [0.15, 0.2) is 0 Å². The standard InChI is InChI=1S/C12H22N2O2S/c1-9-7-14(4-2-11(9)15)12(16)6-10-8-17-5-3-13-10/h9-11,13,15H,2-8H2,1H3. The number of piperidine rings is 1. The summed E-state index contributed by atoms with van der Waals surface area (Å²) in [4.78, 5) is 14.0. The highest BCUT2D eigenvalue weighted by Crippen LogP contribution is 2.18. The third-order valence-corrected chi connectivity index (χ3v) is 4.76. The first-order valence-electron chi connectivity index (χ1n) is 6.44. The second-order valence-electron chi connectivity index (χ2n) is 5.10. The lowest BCUT2D eigenvalue weighted by atomic mass is 9.96. The Hall–Kier alpha value is -0.260. The largest absolute Gasteiger partial charge is 0.393 e. The molecule has 0 aromatic heterocycles. The molecule has 0 aliphatic carbocycles.